The molecule has 0 aliphatic heterocycles. The highest BCUT2D eigenvalue weighted by Gasteiger charge is 2.12. The Kier molecular flexibility index (Phi) is 6.50. The van der Waals surface area contributed by atoms with Gasteiger partial charge in [0.1, 0.15) is 10.3 Å². The molecular weight excluding hydrogens is 451 g/mol. The van der Waals surface area contributed by atoms with Gasteiger partial charge in [0.05, 0.1) is 34.1 Å². The van der Waals surface area contributed by atoms with Gasteiger partial charge in [-0.1, -0.05) is 70.1 Å². The summed E-state index contributed by atoms with van der Waals surface area (Å²) < 4.78 is 1.69. The Morgan fingerprint density at radius 1 is 1.07 bits per heavy atom. The molecule has 10 heteroatoms. The number of nitrogens with one attached hydrogen (secondary N) is 1. The summed E-state index contributed by atoms with van der Waals surface area (Å²) >= 11 is 30.2. The largest absolute Gasteiger partial charge is 0.260 e. The molecule has 140 valence electrons. The predicted octanol–water partition coefficient (Wildman–Crippen LogP) is 6.35. The van der Waals surface area contributed by atoms with Crippen molar-refractivity contribution < 1.29 is 0 Å². The molecule has 0 amide bonds. The number of aromatic nitrogens is 3. The van der Waals surface area contributed by atoms with Crippen LogP contribution in [0.15, 0.2) is 35.4 Å². The topological polar surface area (TPSA) is 55.1 Å². The van der Waals surface area contributed by atoms with Crippen molar-refractivity contribution in [1.29, 1.82) is 0 Å². The van der Waals surface area contributed by atoms with Crippen LogP contribution in [0.2, 0.25) is 25.4 Å². The standard InChI is InChI=1S/C17H12Cl5N5/c1-9-12(7-23-25-17-14(20)6-13(19)15(21)24-17)16(22)27(26-9)8-10-2-4-11(18)5-3-10/h2-7H,8H2,1H3,(H,24,25). The Morgan fingerprint density at radius 3 is 2.48 bits per heavy atom. The van der Waals surface area contributed by atoms with E-state index in [0.29, 0.717) is 27.3 Å². The van der Waals surface area contributed by atoms with E-state index in [4.69, 9.17) is 58.0 Å². The van der Waals surface area contributed by atoms with Crippen molar-refractivity contribution in [2.24, 2.45) is 5.10 Å². The average Bonchev–Trinajstić information content (AvgIpc) is 2.88. The third-order valence-electron chi connectivity index (χ3n) is 3.61. The van der Waals surface area contributed by atoms with Crippen LogP contribution in [0.25, 0.3) is 0 Å². The maximum atomic E-state index is 6.44. The second kappa shape index (κ2) is 8.67. The average molecular weight is 464 g/mol. The molecule has 1 aromatic carbocycles. The summed E-state index contributed by atoms with van der Waals surface area (Å²) in [6.45, 7) is 2.36. The lowest BCUT2D eigenvalue weighted by Gasteiger charge is -2.04. The summed E-state index contributed by atoms with van der Waals surface area (Å²) in [5.74, 6) is 0.282. The normalized spacial score (nSPS) is 11.3. The van der Waals surface area contributed by atoms with E-state index < -0.39 is 0 Å². The van der Waals surface area contributed by atoms with Crippen molar-refractivity contribution >= 4 is 70.0 Å². The molecule has 2 heterocycles. The van der Waals surface area contributed by atoms with Crippen molar-refractivity contribution in [3.05, 3.63) is 72.5 Å². The Labute approximate surface area is 180 Å². The lowest BCUT2D eigenvalue weighted by atomic mass is 10.2. The number of aryl methyl sites for hydroxylation is 1. The zero-order chi connectivity index (χ0) is 19.6. The van der Waals surface area contributed by atoms with E-state index in [1.54, 1.807) is 10.9 Å². The zero-order valence-corrected chi connectivity index (χ0v) is 17.6. The van der Waals surface area contributed by atoms with E-state index in [-0.39, 0.29) is 16.0 Å². The third kappa shape index (κ3) is 4.86. The Morgan fingerprint density at radius 2 is 1.78 bits per heavy atom. The van der Waals surface area contributed by atoms with Crippen LogP contribution < -0.4 is 5.43 Å². The number of nitrogens with zero attached hydrogens (tertiary/aromatic N) is 4. The third-order valence-corrected chi connectivity index (χ3v) is 5.22. The number of hydrogen-bond acceptors (Lipinski definition) is 4. The fourth-order valence-electron chi connectivity index (χ4n) is 2.26. The van der Waals surface area contributed by atoms with E-state index >= 15 is 0 Å². The van der Waals surface area contributed by atoms with E-state index in [1.807, 2.05) is 31.2 Å². The van der Waals surface area contributed by atoms with Gasteiger partial charge in [-0.25, -0.2) is 9.67 Å². The van der Waals surface area contributed by atoms with Crippen LogP contribution in [0, 0.1) is 6.92 Å². The number of hydrazone groups is 1. The van der Waals surface area contributed by atoms with Gasteiger partial charge in [-0.2, -0.15) is 10.2 Å². The molecule has 0 saturated heterocycles. The van der Waals surface area contributed by atoms with Crippen LogP contribution in [-0.2, 0) is 6.54 Å². The van der Waals surface area contributed by atoms with Crippen LogP contribution in [0.3, 0.4) is 0 Å². The minimum atomic E-state index is 0.128. The van der Waals surface area contributed by atoms with Gasteiger partial charge in [0.25, 0.3) is 0 Å². The number of hydrogen-bond donors (Lipinski definition) is 1. The SMILES string of the molecule is Cc1nn(Cc2ccc(Cl)cc2)c(Cl)c1C=NNc1nc(Cl)c(Cl)cc1Cl. The first-order chi connectivity index (χ1) is 12.8. The monoisotopic (exact) mass is 461 g/mol. The fraction of sp³-hybridized carbons (Fsp3) is 0.118. The number of rotatable bonds is 5. The van der Waals surface area contributed by atoms with Crippen molar-refractivity contribution in [1.82, 2.24) is 14.8 Å². The molecule has 27 heavy (non-hydrogen) atoms. The van der Waals surface area contributed by atoms with E-state index in [2.05, 4.69) is 20.6 Å². The molecule has 1 N–H and O–H groups in total. The van der Waals surface area contributed by atoms with Crippen LogP contribution in [0.4, 0.5) is 5.82 Å². The lowest BCUT2D eigenvalue weighted by Crippen LogP contribution is -2.02. The summed E-state index contributed by atoms with van der Waals surface area (Å²) in [5.41, 5.74) is 5.15. The minimum absolute atomic E-state index is 0.128. The van der Waals surface area contributed by atoms with Gasteiger partial charge in [-0.15, -0.1) is 0 Å². The molecule has 0 spiro atoms. The Balaban J connectivity index is 1.77. The highest BCUT2D eigenvalue weighted by atomic mass is 35.5. The fourth-order valence-corrected chi connectivity index (χ4v) is 3.21. The quantitative estimate of drug-likeness (QED) is 0.273. The van der Waals surface area contributed by atoms with Gasteiger partial charge in [-0.3, -0.25) is 5.43 Å². The number of pyridine rings is 1. The number of halogens is 5. The first-order valence-corrected chi connectivity index (χ1v) is 9.52. The first-order valence-electron chi connectivity index (χ1n) is 7.63. The highest BCUT2D eigenvalue weighted by Crippen LogP contribution is 2.29. The summed E-state index contributed by atoms with van der Waals surface area (Å²) in [6, 6.07) is 8.97. The highest BCUT2D eigenvalue weighted by molar-refractivity contribution is 6.43. The van der Waals surface area contributed by atoms with Crippen molar-refractivity contribution in [2.75, 3.05) is 5.43 Å². The number of benzene rings is 1. The maximum Gasteiger partial charge on any atom is 0.166 e. The molecular formula is C17H12Cl5N5. The van der Waals surface area contributed by atoms with Gasteiger partial charge in [0.2, 0.25) is 0 Å². The molecule has 3 aromatic rings. The van der Waals surface area contributed by atoms with Crippen LogP contribution in [0.5, 0.6) is 0 Å². The van der Waals surface area contributed by atoms with Crippen LogP contribution >= 0.6 is 58.0 Å². The predicted molar refractivity (Wildman–Crippen MR) is 113 cm³/mol. The van der Waals surface area contributed by atoms with Gasteiger partial charge in [0.15, 0.2) is 5.82 Å². The summed E-state index contributed by atoms with van der Waals surface area (Å²) in [6.07, 6.45) is 1.55. The van der Waals surface area contributed by atoms with Gasteiger partial charge < -0.3 is 0 Å². The molecule has 0 aliphatic carbocycles. The molecule has 0 atom stereocenters. The minimum Gasteiger partial charge on any atom is -0.260 e. The van der Waals surface area contributed by atoms with Crippen LogP contribution in [0.1, 0.15) is 16.8 Å². The van der Waals surface area contributed by atoms with Gasteiger partial charge >= 0.3 is 0 Å². The molecule has 0 radical (unpaired) electrons. The molecule has 5 nitrogen and oxygen atoms in total. The molecule has 3 rings (SSSR count). The van der Waals surface area contributed by atoms with Gasteiger partial charge in [0, 0.05) is 5.02 Å². The molecule has 0 fully saturated rings. The van der Waals surface area contributed by atoms with E-state index in [9.17, 15) is 0 Å². The Bertz CT molecular complexity index is 998. The molecule has 0 unspecified atom stereocenters. The summed E-state index contributed by atoms with van der Waals surface area (Å²) in [7, 11) is 0. The van der Waals surface area contributed by atoms with Crippen molar-refractivity contribution in [3.8, 4) is 0 Å². The second-order valence-electron chi connectivity index (χ2n) is 5.54. The number of anilines is 1. The molecule has 0 bridgehead atoms. The maximum absolute atomic E-state index is 6.44. The van der Waals surface area contributed by atoms with Gasteiger partial charge in [-0.05, 0) is 30.7 Å². The lowest BCUT2D eigenvalue weighted by molar-refractivity contribution is 0.680. The smallest absolute Gasteiger partial charge is 0.166 e. The molecule has 0 saturated carbocycles. The van der Waals surface area contributed by atoms with Crippen LogP contribution in [-0.4, -0.2) is 21.0 Å². The zero-order valence-electron chi connectivity index (χ0n) is 13.8. The second-order valence-corrected chi connectivity index (χ2v) is 7.50. The molecule has 0 aliphatic rings. The van der Waals surface area contributed by atoms with E-state index in [0.717, 1.165) is 11.3 Å². The summed E-state index contributed by atoms with van der Waals surface area (Å²) in [4.78, 5) is 4.03. The molecule has 2 aromatic heterocycles. The van der Waals surface area contributed by atoms with Crippen molar-refractivity contribution in [2.45, 2.75) is 13.5 Å². The van der Waals surface area contributed by atoms with Crippen molar-refractivity contribution in [3.63, 3.8) is 0 Å². The first kappa shape index (κ1) is 20.2. The summed E-state index contributed by atoms with van der Waals surface area (Å²) in [5, 5.41) is 10.4. The Hall–Kier alpha value is -1.50. The van der Waals surface area contributed by atoms with E-state index in [1.165, 1.54) is 6.07 Å².